The summed E-state index contributed by atoms with van der Waals surface area (Å²) in [6.07, 6.45) is 0. The maximum atomic E-state index is 12.5. The van der Waals surface area contributed by atoms with Gasteiger partial charge in [0.15, 0.2) is 11.5 Å². The minimum absolute atomic E-state index is 0.0162. The first-order chi connectivity index (χ1) is 12.8. The highest BCUT2D eigenvalue weighted by Crippen LogP contribution is 2.40. The van der Waals surface area contributed by atoms with E-state index in [9.17, 15) is 4.79 Å². The molecule has 1 aromatic heterocycles. The summed E-state index contributed by atoms with van der Waals surface area (Å²) in [6.45, 7) is 6.65. The van der Waals surface area contributed by atoms with Crippen LogP contribution in [0.5, 0.6) is 17.2 Å². The first-order valence-corrected chi connectivity index (χ1v) is 9.54. The van der Waals surface area contributed by atoms with Crippen molar-refractivity contribution in [2.75, 3.05) is 33.2 Å². The van der Waals surface area contributed by atoms with Gasteiger partial charge in [0.2, 0.25) is 11.7 Å². The van der Waals surface area contributed by atoms with E-state index in [1.54, 1.807) is 44.8 Å². The van der Waals surface area contributed by atoms with Crippen LogP contribution in [0, 0.1) is 5.41 Å². The SMILES string of the molecule is COc1cc(NC(=O)CNC(c2cccs2)C(C)(C)C)cc(OC)c1OC. The van der Waals surface area contributed by atoms with Gasteiger partial charge >= 0.3 is 0 Å². The van der Waals surface area contributed by atoms with Crippen molar-refractivity contribution in [1.29, 1.82) is 0 Å². The highest BCUT2D eigenvalue weighted by molar-refractivity contribution is 7.10. The molecule has 1 atom stereocenters. The van der Waals surface area contributed by atoms with E-state index in [2.05, 4.69) is 37.5 Å². The molecule has 0 aliphatic carbocycles. The summed E-state index contributed by atoms with van der Waals surface area (Å²) in [6, 6.07) is 7.61. The van der Waals surface area contributed by atoms with Crippen molar-refractivity contribution in [1.82, 2.24) is 5.32 Å². The van der Waals surface area contributed by atoms with Gasteiger partial charge in [0.1, 0.15) is 0 Å². The number of ether oxygens (including phenoxy) is 3. The Morgan fingerprint density at radius 2 is 1.74 bits per heavy atom. The predicted molar refractivity (Wildman–Crippen MR) is 109 cm³/mol. The second kappa shape index (κ2) is 9.10. The van der Waals surface area contributed by atoms with Gasteiger partial charge in [0.25, 0.3) is 0 Å². The van der Waals surface area contributed by atoms with Gasteiger partial charge in [-0.25, -0.2) is 0 Å². The van der Waals surface area contributed by atoms with Crippen LogP contribution in [0.25, 0.3) is 0 Å². The molecule has 0 aliphatic heterocycles. The van der Waals surface area contributed by atoms with E-state index in [0.717, 1.165) is 0 Å². The quantitative estimate of drug-likeness (QED) is 0.708. The number of carbonyl (C=O) groups is 1. The Kier molecular flexibility index (Phi) is 7.10. The fourth-order valence-electron chi connectivity index (χ4n) is 2.84. The molecule has 1 heterocycles. The molecule has 2 aromatic rings. The number of hydrogen-bond donors (Lipinski definition) is 2. The molecule has 27 heavy (non-hydrogen) atoms. The molecule has 0 bridgehead atoms. The normalized spacial score (nSPS) is 12.4. The second-order valence-electron chi connectivity index (χ2n) is 7.16. The Labute approximate surface area is 164 Å². The number of amides is 1. The van der Waals surface area contributed by atoms with Crippen LogP contribution in [0.2, 0.25) is 0 Å². The Morgan fingerprint density at radius 3 is 2.19 bits per heavy atom. The minimum atomic E-state index is -0.143. The predicted octanol–water partition coefficient (Wildman–Crippen LogP) is 4.09. The summed E-state index contributed by atoms with van der Waals surface area (Å²) in [5, 5.41) is 8.30. The van der Waals surface area contributed by atoms with Crippen LogP contribution in [0.4, 0.5) is 5.69 Å². The zero-order valence-electron chi connectivity index (χ0n) is 16.7. The van der Waals surface area contributed by atoms with E-state index < -0.39 is 0 Å². The fraction of sp³-hybridized carbons (Fsp3) is 0.450. The van der Waals surface area contributed by atoms with Crippen LogP contribution in [0.15, 0.2) is 29.6 Å². The summed E-state index contributed by atoms with van der Waals surface area (Å²) in [7, 11) is 4.62. The van der Waals surface area contributed by atoms with Crippen LogP contribution < -0.4 is 24.8 Å². The highest BCUT2D eigenvalue weighted by Gasteiger charge is 2.27. The first-order valence-electron chi connectivity index (χ1n) is 8.66. The number of rotatable bonds is 8. The maximum absolute atomic E-state index is 12.5. The molecule has 148 valence electrons. The van der Waals surface area contributed by atoms with Crippen LogP contribution >= 0.6 is 11.3 Å². The summed E-state index contributed by atoms with van der Waals surface area (Å²) >= 11 is 1.69. The number of anilines is 1. The summed E-state index contributed by atoms with van der Waals surface area (Å²) < 4.78 is 15.9. The van der Waals surface area contributed by atoms with Crippen molar-refractivity contribution in [2.45, 2.75) is 26.8 Å². The summed E-state index contributed by atoms with van der Waals surface area (Å²) in [5.74, 6) is 1.33. The highest BCUT2D eigenvalue weighted by atomic mass is 32.1. The average molecular weight is 393 g/mol. The molecule has 0 fully saturated rings. The van der Waals surface area contributed by atoms with E-state index in [1.165, 1.54) is 4.88 Å². The van der Waals surface area contributed by atoms with Crippen molar-refractivity contribution in [2.24, 2.45) is 5.41 Å². The largest absolute Gasteiger partial charge is 0.493 e. The van der Waals surface area contributed by atoms with E-state index in [0.29, 0.717) is 22.9 Å². The monoisotopic (exact) mass is 392 g/mol. The van der Waals surface area contributed by atoms with Crippen molar-refractivity contribution >= 4 is 22.9 Å². The second-order valence-corrected chi connectivity index (χ2v) is 8.14. The van der Waals surface area contributed by atoms with Gasteiger partial charge in [0.05, 0.1) is 27.9 Å². The standard InChI is InChI=1S/C20H28N2O4S/c1-20(2,3)19(16-8-7-9-27-16)21-12-17(23)22-13-10-14(24-4)18(26-6)15(11-13)25-5/h7-11,19,21H,12H2,1-6H3,(H,22,23). The van der Waals surface area contributed by atoms with E-state index >= 15 is 0 Å². The number of nitrogens with one attached hydrogen (secondary N) is 2. The zero-order chi connectivity index (χ0) is 20.0. The molecule has 2 N–H and O–H groups in total. The molecular weight excluding hydrogens is 364 g/mol. The third-order valence-electron chi connectivity index (χ3n) is 4.11. The van der Waals surface area contributed by atoms with Crippen LogP contribution in [-0.2, 0) is 4.79 Å². The first kappa shape index (κ1) is 21.1. The van der Waals surface area contributed by atoms with Gasteiger partial charge < -0.3 is 24.8 Å². The lowest BCUT2D eigenvalue weighted by Gasteiger charge is -2.30. The molecule has 0 aliphatic rings. The van der Waals surface area contributed by atoms with E-state index in [4.69, 9.17) is 14.2 Å². The van der Waals surface area contributed by atoms with Gasteiger partial charge in [-0.1, -0.05) is 26.8 Å². The van der Waals surface area contributed by atoms with Gasteiger partial charge in [-0.05, 0) is 16.9 Å². The number of methoxy groups -OCH3 is 3. The Bertz CT molecular complexity index is 729. The van der Waals surface area contributed by atoms with Crippen LogP contribution in [0.3, 0.4) is 0 Å². The van der Waals surface area contributed by atoms with Gasteiger partial charge in [-0.2, -0.15) is 0 Å². The maximum Gasteiger partial charge on any atom is 0.238 e. The number of hydrogen-bond acceptors (Lipinski definition) is 6. The molecule has 2 rings (SSSR count). The third-order valence-corrected chi connectivity index (χ3v) is 5.05. The lowest BCUT2D eigenvalue weighted by Crippen LogP contribution is -2.37. The Morgan fingerprint density at radius 1 is 1.11 bits per heavy atom. The molecule has 0 radical (unpaired) electrons. The number of benzene rings is 1. The van der Waals surface area contributed by atoms with Crippen molar-refractivity contribution < 1.29 is 19.0 Å². The van der Waals surface area contributed by atoms with Crippen LogP contribution in [0.1, 0.15) is 31.7 Å². The topological polar surface area (TPSA) is 68.8 Å². The van der Waals surface area contributed by atoms with Crippen molar-refractivity contribution in [3.05, 3.63) is 34.5 Å². The van der Waals surface area contributed by atoms with Gasteiger partial charge in [-0.15, -0.1) is 11.3 Å². The number of thiophene rings is 1. The van der Waals surface area contributed by atoms with Crippen LogP contribution in [-0.4, -0.2) is 33.8 Å². The minimum Gasteiger partial charge on any atom is -0.493 e. The molecule has 1 unspecified atom stereocenters. The van der Waals surface area contributed by atoms with Gasteiger partial charge in [0, 0.05) is 28.7 Å². The summed E-state index contributed by atoms with van der Waals surface area (Å²) in [5.41, 5.74) is 0.567. The molecule has 1 amide bonds. The average Bonchev–Trinajstić information content (AvgIpc) is 3.13. The smallest absolute Gasteiger partial charge is 0.238 e. The Hall–Kier alpha value is -2.25. The van der Waals surface area contributed by atoms with E-state index in [-0.39, 0.29) is 23.9 Å². The lowest BCUT2D eigenvalue weighted by molar-refractivity contribution is -0.115. The molecule has 1 aromatic carbocycles. The van der Waals surface area contributed by atoms with Crippen molar-refractivity contribution in [3.8, 4) is 17.2 Å². The molecule has 6 nitrogen and oxygen atoms in total. The summed E-state index contributed by atoms with van der Waals surface area (Å²) in [4.78, 5) is 13.7. The molecule has 0 saturated heterocycles. The van der Waals surface area contributed by atoms with E-state index in [1.807, 2.05) is 11.4 Å². The van der Waals surface area contributed by atoms with Gasteiger partial charge in [-0.3, -0.25) is 4.79 Å². The molecule has 7 heteroatoms. The van der Waals surface area contributed by atoms with Crippen molar-refractivity contribution in [3.63, 3.8) is 0 Å². The zero-order valence-corrected chi connectivity index (χ0v) is 17.5. The molecule has 0 spiro atoms. The fourth-order valence-corrected chi connectivity index (χ4v) is 3.89. The Balaban J connectivity index is 2.09. The number of carbonyl (C=O) groups excluding carboxylic acids is 1. The lowest BCUT2D eigenvalue weighted by atomic mass is 9.86. The third kappa shape index (κ3) is 5.37. The molecular formula is C20H28N2O4S. The molecule has 0 saturated carbocycles.